The summed E-state index contributed by atoms with van der Waals surface area (Å²) in [6.07, 6.45) is 3.71. The third-order valence-electron chi connectivity index (χ3n) is 3.22. The minimum Gasteiger partial charge on any atom is -0.493 e. The van der Waals surface area contributed by atoms with Crippen molar-refractivity contribution in [1.82, 2.24) is 14.7 Å². The summed E-state index contributed by atoms with van der Waals surface area (Å²) in [6, 6.07) is 4.01. The van der Waals surface area contributed by atoms with Crippen molar-refractivity contribution in [2.75, 3.05) is 7.11 Å². The van der Waals surface area contributed by atoms with Gasteiger partial charge >= 0.3 is 6.61 Å². The van der Waals surface area contributed by atoms with Crippen LogP contribution in [0.25, 0.3) is 4.96 Å². The number of ether oxygens (including phenoxy) is 2. The maximum absolute atomic E-state index is 12.3. The van der Waals surface area contributed by atoms with Crippen LogP contribution in [0.3, 0.4) is 0 Å². The molecule has 0 aliphatic heterocycles. The summed E-state index contributed by atoms with van der Waals surface area (Å²) in [7, 11) is 1.31. The zero-order valence-electron chi connectivity index (χ0n) is 12.5. The molecule has 0 saturated carbocycles. The van der Waals surface area contributed by atoms with Crippen molar-refractivity contribution in [3.8, 4) is 11.5 Å². The Morgan fingerprint density at radius 1 is 1.42 bits per heavy atom. The number of carbonyl (C=O) groups excluding carboxylic acids is 1. The quantitative estimate of drug-likeness (QED) is 0.740. The van der Waals surface area contributed by atoms with Crippen LogP contribution in [0.15, 0.2) is 36.0 Å². The van der Waals surface area contributed by atoms with Gasteiger partial charge in [-0.15, -0.1) is 11.3 Å². The number of amides is 1. The summed E-state index contributed by atoms with van der Waals surface area (Å²) in [5.74, 6) is -0.433. The second-order valence-electron chi connectivity index (χ2n) is 4.75. The number of halogens is 2. The maximum atomic E-state index is 12.3. The first kappa shape index (κ1) is 16.2. The minimum atomic E-state index is -2.96. The molecule has 2 aromatic heterocycles. The Hall–Kier alpha value is -2.68. The van der Waals surface area contributed by atoms with Gasteiger partial charge in [0.1, 0.15) is 0 Å². The van der Waals surface area contributed by atoms with Crippen LogP contribution in [0.1, 0.15) is 16.1 Å². The van der Waals surface area contributed by atoms with Crippen LogP contribution in [0, 0.1) is 0 Å². The molecule has 0 fully saturated rings. The summed E-state index contributed by atoms with van der Waals surface area (Å²) in [6.45, 7) is -2.71. The largest absolute Gasteiger partial charge is 0.493 e. The number of hydrogen-bond donors (Lipinski definition) is 1. The number of alkyl halides is 2. The van der Waals surface area contributed by atoms with E-state index in [4.69, 9.17) is 4.74 Å². The molecule has 3 rings (SSSR count). The van der Waals surface area contributed by atoms with Crippen molar-refractivity contribution in [2.45, 2.75) is 13.2 Å². The lowest BCUT2D eigenvalue weighted by atomic mass is 10.2. The molecule has 0 saturated heterocycles. The lowest BCUT2D eigenvalue weighted by Crippen LogP contribution is -2.23. The van der Waals surface area contributed by atoms with Gasteiger partial charge in [0, 0.05) is 23.3 Å². The third-order valence-corrected chi connectivity index (χ3v) is 3.99. The Morgan fingerprint density at radius 2 is 2.25 bits per heavy atom. The summed E-state index contributed by atoms with van der Waals surface area (Å²) in [5, 5.41) is 4.64. The molecule has 0 unspecified atom stereocenters. The smallest absolute Gasteiger partial charge is 0.387 e. The molecule has 0 radical (unpaired) electrons. The van der Waals surface area contributed by atoms with Gasteiger partial charge in [0.25, 0.3) is 5.91 Å². The van der Waals surface area contributed by atoms with E-state index in [1.807, 2.05) is 22.2 Å². The Kier molecular flexibility index (Phi) is 4.61. The van der Waals surface area contributed by atoms with E-state index in [2.05, 4.69) is 15.0 Å². The number of carbonyl (C=O) groups is 1. The highest BCUT2D eigenvalue weighted by Crippen LogP contribution is 2.29. The predicted octanol–water partition coefficient (Wildman–Crippen LogP) is 2.94. The molecular weight excluding hydrogens is 340 g/mol. The fourth-order valence-electron chi connectivity index (χ4n) is 2.14. The van der Waals surface area contributed by atoms with Gasteiger partial charge in [0.05, 0.1) is 19.3 Å². The molecule has 24 heavy (non-hydrogen) atoms. The molecule has 126 valence electrons. The van der Waals surface area contributed by atoms with E-state index in [0.717, 1.165) is 10.7 Å². The number of fused-ring (bicyclic) bond motifs is 1. The summed E-state index contributed by atoms with van der Waals surface area (Å²) >= 11 is 1.50. The molecule has 0 atom stereocenters. The molecule has 0 aliphatic rings. The van der Waals surface area contributed by atoms with Crippen molar-refractivity contribution < 1.29 is 23.0 Å². The van der Waals surface area contributed by atoms with Gasteiger partial charge < -0.3 is 14.8 Å². The average Bonchev–Trinajstić information content (AvgIpc) is 3.13. The van der Waals surface area contributed by atoms with E-state index in [1.165, 1.54) is 36.6 Å². The Morgan fingerprint density at radius 3 is 2.96 bits per heavy atom. The lowest BCUT2D eigenvalue weighted by molar-refractivity contribution is -0.0512. The molecule has 0 aliphatic carbocycles. The first-order valence-electron chi connectivity index (χ1n) is 6.89. The Bertz CT molecular complexity index is 834. The van der Waals surface area contributed by atoms with Crippen LogP contribution in [0.5, 0.6) is 11.5 Å². The lowest BCUT2D eigenvalue weighted by Gasteiger charge is -2.11. The van der Waals surface area contributed by atoms with Crippen LogP contribution < -0.4 is 14.8 Å². The Balaban J connectivity index is 1.68. The summed E-state index contributed by atoms with van der Waals surface area (Å²) in [4.78, 5) is 17.4. The number of nitrogens with one attached hydrogen (secondary N) is 1. The van der Waals surface area contributed by atoms with Crippen LogP contribution >= 0.6 is 11.3 Å². The molecule has 2 heterocycles. The molecule has 1 aromatic carbocycles. The topological polar surface area (TPSA) is 64.9 Å². The first-order valence-corrected chi connectivity index (χ1v) is 7.77. The number of imidazole rings is 1. The number of benzene rings is 1. The highest BCUT2D eigenvalue weighted by Gasteiger charge is 2.14. The first-order chi connectivity index (χ1) is 11.6. The highest BCUT2D eigenvalue weighted by molar-refractivity contribution is 7.15. The van der Waals surface area contributed by atoms with Gasteiger partial charge in [-0.25, -0.2) is 4.98 Å². The predicted molar refractivity (Wildman–Crippen MR) is 83.9 cm³/mol. The van der Waals surface area contributed by atoms with E-state index in [9.17, 15) is 13.6 Å². The SMILES string of the molecule is COc1cc(C(=O)NCc2cn3ccsc3n2)ccc1OC(F)F. The van der Waals surface area contributed by atoms with Crippen molar-refractivity contribution in [2.24, 2.45) is 0 Å². The molecule has 1 amide bonds. The average molecular weight is 353 g/mol. The number of hydrogen-bond acceptors (Lipinski definition) is 5. The van der Waals surface area contributed by atoms with Crippen LogP contribution in [-0.2, 0) is 6.54 Å². The highest BCUT2D eigenvalue weighted by atomic mass is 32.1. The second-order valence-corrected chi connectivity index (χ2v) is 5.62. The molecule has 6 nitrogen and oxygen atoms in total. The number of rotatable bonds is 6. The molecular formula is C15H13F2N3O3S. The maximum Gasteiger partial charge on any atom is 0.387 e. The second kappa shape index (κ2) is 6.83. The molecule has 0 bridgehead atoms. The van der Waals surface area contributed by atoms with E-state index in [-0.39, 0.29) is 29.5 Å². The van der Waals surface area contributed by atoms with E-state index in [0.29, 0.717) is 0 Å². The fraction of sp³-hybridized carbons (Fsp3) is 0.200. The molecule has 9 heteroatoms. The normalized spacial score (nSPS) is 11.0. The standard InChI is InChI=1S/C15H13F2N3O3S/c1-22-12-6-9(2-3-11(12)23-14(16)17)13(21)18-7-10-8-20-4-5-24-15(20)19-10/h2-6,8,14H,7H2,1H3,(H,18,21). The summed E-state index contributed by atoms with van der Waals surface area (Å²) < 4.78 is 35.8. The molecule has 3 aromatic rings. The van der Waals surface area contributed by atoms with Crippen molar-refractivity contribution in [3.63, 3.8) is 0 Å². The zero-order chi connectivity index (χ0) is 17.1. The fourth-order valence-corrected chi connectivity index (χ4v) is 2.86. The van der Waals surface area contributed by atoms with Crippen molar-refractivity contribution in [1.29, 1.82) is 0 Å². The number of methoxy groups -OCH3 is 1. The van der Waals surface area contributed by atoms with Gasteiger partial charge in [-0.1, -0.05) is 0 Å². The van der Waals surface area contributed by atoms with E-state index >= 15 is 0 Å². The van der Waals surface area contributed by atoms with Gasteiger partial charge in [-0.05, 0) is 18.2 Å². The van der Waals surface area contributed by atoms with E-state index in [1.54, 1.807) is 0 Å². The van der Waals surface area contributed by atoms with Gasteiger partial charge in [-0.2, -0.15) is 8.78 Å². The monoisotopic (exact) mass is 353 g/mol. The van der Waals surface area contributed by atoms with Crippen molar-refractivity contribution >= 4 is 22.2 Å². The number of nitrogens with zero attached hydrogens (tertiary/aromatic N) is 2. The Labute approximate surface area is 139 Å². The van der Waals surface area contributed by atoms with Gasteiger partial charge in [0.15, 0.2) is 16.5 Å². The molecule has 1 N–H and O–H groups in total. The van der Waals surface area contributed by atoms with E-state index < -0.39 is 6.61 Å². The van der Waals surface area contributed by atoms with Crippen molar-refractivity contribution in [3.05, 3.63) is 47.2 Å². The third kappa shape index (κ3) is 3.46. The van der Waals surface area contributed by atoms with Crippen LogP contribution in [-0.4, -0.2) is 29.0 Å². The number of thiazole rings is 1. The summed E-state index contributed by atoms with van der Waals surface area (Å²) in [5.41, 5.74) is 0.995. The van der Waals surface area contributed by atoms with Crippen LogP contribution in [0.2, 0.25) is 0 Å². The molecule has 0 spiro atoms. The zero-order valence-corrected chi connectivity index (χ0v) is 13.3. The van der Waals surface area contributed by atoms with Gasteiger partial charge in [0.2, 0.25) is 0 Å². The van der Waals surface area contributed by atoms with Gasteiger partial charge in [-0.3, -0.25) is 9.20 Å². The minimum absolute atomic E-state index is 0.0606. The number of aromatic nitrogens is 2. The van der Waals surface area contributed by atoms with Crippen LogP contribution in [0.4, 0.5) is 8.78 Å².